The number of fused-ring (bicyclic) bond motifs is 2. The number of hydrogen-bond donors (Lipinski definition) is 1. The molecule has 1 N–H and O–H groups in total. The zero-order chi connectivity index (χ0) is 18.7. The molecule has 1 aliphatic heterocycles. The minimum atomic E-state index is 0.0423. The van der Waals surface area contributed by atoms with Gasteiger partial charge in [-0.05, 0) is 61.4 Å². The first-order chi connectivity index (χ1) is 13.2. The fourth-order valence-corrected chi connectivity index (χ4v) is 5.58. The number of rotatable bonds is 5. The maximum atomic E-state index is 10.0. The van der Waals surface area contributed by atoms with E-state index in [4.69, 9.17) is 0 Å². The third kappa shape index (κ3) is 3.47. The molecular formula is C24H28N2O. The van der Waals surface area contributed by atoms with Gasteiger partial charge < -0.3 is 5.11 Å². The summed E-state index contributed by atoms with van der Waals surface area (Å²) in [5, 5.41) is 19.6. The van der Waals surface area contributed by atoms with Crippen molar-refractivity contribution in [1.29, 1.82) is 5.26 Å². The Balaban J connectivity index is 1.58. The van der Waals surface area contributed by atoms with Gasteiger partial charge in [0.1, 0.15) is 5.75 Å². The van der Waals surface area contributed by atoms with Gasteiger partial charge in [-0.3, -0.25) is 4.90 Å². The zero-order valence-electron chi connectivity index (χ0n) is 15.8. The van der Waals surface area contributed by atoms with Crippen LogP contribution < -0.4 is 0 Å². The highest BCUT2D eigenvalue weighted by Crippen LogP contribution is 2.52. The number of phenols is 1. The van der Waals surface area contributed by atoms with E-state index < -0.39 is 0 Å². The van der Waals surface area contributed by atoms with Gasteiger partial charge in [0.05, 0.1) is 6.07 Å². The first-order valence-corrected chi connectivity index (χ1v) is 10.2. The van der Waals surface area contributed by atoms with Crippen molar-refractivity contribution in [3.05, 3.63) is 65.7 Å². The van der Waals surface area contributed by atoms with Crippen molar-refractivity contribution in [3.63, 3.8) is 0 Å². The Morgan fingerprint density at radius 3 is 2.74 bits per heavy atom. The van der Waals surface area contributed by atoms with Crippen molar-refractivity contribution in [3.8, 4) is 11.8 Å². The lowest BCUT2D eigenvalue weighted by molar-refractivity contribution is -0.00931. The molecule has 2 fully saturated rings. The highest BCUT2D eigenvalue weighted by molar-refractivity contribution is 5.36. The van der Waals surface area contributed by atoms with Crippen LogP contribution in [0.15, 0.2) is 54.6 Å². The zero-order valence-corrected chi connectivity index (χ0v) is 15.8. The van der Waals surface area contributed by atoms with E-state index >= 15 is 0 Å². The van der Waals surface area contributed by atoms with Crippen LogP contribution >= 0.6 is 0 Å². The van der Waals surface area contributed by atoms with E-state index in [1.807, 2.05) is 12.1 Å². The van der Waals surface area contributed by atoms with Crippen LogP contribution in [0.25, 0.3) is 0 Å². The molecule has 0 radical (unpaired) electrons. The molecule has 3 atom stereocenters. The predicted molar refractivity (Wildman–Crippen MR) is 107 cm³/mol. The van der Waals surface area contributed by atoms with Crippen molar-refractivity contribution >= 4 is 0 Å². The summed E-state index contributed by atoms with van der Waals surface area (Å²) in [6, 6.07) is 21.4. The molecule has 3 nitrogen and oxygen atoms in total. The van der Waals surface area contributed by atoms with E-state index in [0.29, 0.717) is 24.1 Å². The smallest absolute Gasteiger partial charge is 0.115 e. The third-order valence-electron chi connectivity index (χ3n) is 6.87. The van der Waals surface area contributed by atoms with Gasteiger partial charge >= 0.3 is 0 Å². The molecule has 27 heavy (non-hydrogen) atoms. The summed E-state index contributed by atoms with van der Waals surface area (Å²) in [6.45, 7) is 2.14. The Hall–Kier alpha value is -2.31. The van der Waals surface area contributed by atoms with E-state index in [2.05, 4.69) is 47.4 Å². The Labute approximate surface area is 162 Å². The lowest BCUT2D eigenvalue weighted by atomic mass is 9.56. The first-order valence-electron chi connectivity index (χ1n) is 10.2. The molecular weight excluding hydrogens is 332 g/mol. The monoisotopic (exact) mass is 360 g/mol. The summed E-state index contributed by atoms with van der Waals surface area (Å²) in [5.74, 6) is 0.689. The largest absolute Gasteiger partial charge is 0.508 e. The second-order valence-electron chi connectivity index (χ2n) is 8.16. The molecule has 1 aliphatic carbocycles. The van der Waals surface area contributed by atoms with Crippen molar-refractivity contribution in [2.24, 2.45) is 5.92 Å². The summed E-state index contributed by atoms with van der Waals surface area (Å²) in [7, 11) is 0. The van der Waals surface area contributed by atoms with Crippen LogP contribution in [0.5, 0.6) is 5.75 Å². The molecule has 0 unspecified atom stereocenters. The summed E-state index contributed by atoms with van der Waals surface area (Å²) in [6.07, 6.45) is 6.25. The molecule has 4 rings (SSSR count). The third-order valence-corrected chi connectivity index (χ3v) is 6.87. The van der Waals surface area contributed by atoms with Gasteiger partial charge in [0.25, 0.3) is 0 Å². The quantitative estimate of drug-likeness (QED) is 0.843. The predicted octanol–water partition coefficient (Wildman–Crippen LogP) is 4.66. The number of hydrogen-bond acceptors (Lipinski definition) is 3. The summed E-state index contributed by atoms with van der Waals surface area (Å²) >= 11 is 0. The second kappa shape index (κ2) is 7.74. The molecule has 2 aromatic carbocycles. The van der Waals surface area contributed by atoms with Gasteiger partial charge in [0, 0.05) is 24.4 Å². The number of aromatic hydroxyl groups is 1. The average Bonchev–Trinajstić information content (AvgIpc) is 2.69. The molecule has 2 aliphatic rings. The normalized spacial score (nSPS) is 27.8. The number of nitrogens with zero attached hydrogens (tertiary/aromatic N) is 2. The number of piperidine rings is 1. The maximum absolute atomic E-state index is 10.0. The highest BCUT2D eigenvalue weighted by atomic mass is 16.3. The molecule has 2 bridgehead atoms. The number of likely N-dealkylation sites (tertiary alicyclic amines) is 1. The molecule has 0 spiro atoms. The first kappa shape index (κ1) is 18.1. The highest BCUT2D eigenvalue weighted by Gasteiger charge is 2.51. The van der Waals surface area contributed by atoms with E-state index in [-0.39, 0.29) is 5.41 Å². The van der Waals surface area contributed by atoms with Crippen LogP contribution in [0.4, 0.5) is 0 Å². The van der Waals surface area contributed by atoms with Gasteiger partial charge in [-0.1, -0.05) is 48.9 Å². The minimum Gasteiger partial charge on any atom is -0.508 e. The molecule has 140 valence electrons. The Bertz CT molecular complexity index is 813. The Kier molecular flexibility index (Phi) is 5.18. The molecule has 2 aromatic rings. The lowest BCUT2D eigenvalue weighted by Crippen LogP contribution is -2.58. The SMILES string of the molecule is N#CC[C@@H]1[C@H]2CCC[C@]1(c1cccc(O)c1)CCN2CCc1ccccc1. The Morgan fingerprint density at radius 2 is 1.96 bits per heavy atom. The van der Waals surface area contributed by atoms with Crippen LogP contribution in [0.1, 0.15) is 43.2 Å². The lowest BCUT2D eigenvalue weighted by Gasteiger charge is -2.56. The van der Waals surface area contributed by atoms with Crippen molar-refractivity contribution < 1.29 is 5.11 Å². The number of nitriles is 1. The van der Waals surface area contributed by atoms with Gasteiger partial charge in [-0.15, -0.1) is 0 Å². The molecule has 1 heterocycles. The summed E-state index contributed by atoms with van der Waals surface area (Å²) in [4.78, 5) is 2.63. The van der Waals surface area contributed by atoms with E-state index in [0.717, 1.165) is 32.4 Å². The van der Waals surface area contributed by atoms with E-state index in [9.17, 15) is 10.4 Å². The van der Waals surface area contributed by atoms with Crippen molar-refractivity contribution in [2.75, 3.05) is 13.1 Å². The second-order valence-corrected chi connectivity index (χ2v) is 8.16. The van der Waals surface area contributed by atoms with Crippen molar-refractivity contribution in [1.82, 2.24) is 4.90 Å². The van der Waals surface area contributed by atoms with Gasteiger partial charge in [-0.25, -0.2) is 0 Å². The Morgan fingerprint density at radius 1 is 1.11 bits per heavy atom. The summed E-state index contributed by atoms with van der Waals surface area (Å²) in [5.41, 5.74) is 2.66. The van der Waals surface area contributed by atoms with Gasteiger partial charge in [-0.2, -0.15) is 5.26 Å². The fourth-order valence-electron chi connectivity index (χ4n) is 5.58. The molecule has 3 heteroatoms. The van der Waals surface area contributed by atoms with Crippen LogP contribution in [-0.4, -0.2) is 29.1 Å². The number of phenolic OH excluding ortho intramolecular Hbond substituents is 1. The maximum Gasteiger partial charge on any atom is 0.115 e. The topological polar surface area (TPSA) is 47.3 Å². The molecule has 1 saturated carbocycles. The van der Waals surface area contributed by atoms with Crippen LogP contribution in [0.3, 0.4) is 0 Å². The molecule has 1 saturated heterocycles. The van der Waals surface area contributed by atoms with Crippen LogP contribution in [-0.2, 0) is 11.8 Å². The summed E-state index contributed by atoms with van der Waals surface area (Å²) < 4.78 is 0. The van der Waals surface area contributed by atoms with Crippen molar-refractivity contribution in [2.45, 2.75) is 50.0 Å². The van der Waals surface area contributed by atoms with Crippen LogP contribution in [0, 0.1) is 17.2 Å². The van der Waals surface area contributed by atoms with E-state index in [1.165, 1.54) is 24.0 Å². The molecule has 0 amide bonds. The molecule has 0 aromatic heterocycles. The van der Waals surface area contributed by atoms with Gasteiger partial charge in [0.2, 0.25) is 0 Å². The van der Waals surface area contributed by atoms with Crippen LogP contribution in [0.2, 0.25) is 0 Å². The van der Waals surface area contributed by atoms with E-state index in [1.54, 1.807) is 6.07 Å². The fraction of sp³-hybridized carbons (Fsp3) is 0.458. The average molecular weight is 361 g/mol. The van der Waals surface area contributed by atoms with Gasteiger partial charge in [0.15, 0.2) is 0 Å². The standard InChI is InChI=1S/C24H28N2O/c25-15-11-22-23-10-5-13-24(22,20-8-4-9-21(27)18-20)14-17-26(23)16-12-19-6-2-1-3-7-19/h1-4,6-9,18,22-23,27H,5,10-14,16-17H2/t22-,23-,24-/m1/s1. The minimum absolute atomic E-state index is 0.0423. The number of benzene rings is 2.